The fourth-order valence-electron chi connectivity index (χ4n) is 1.28. The highest BCUT2D eigenvalue weighted by molar-refractivity contribution is 4.82. The van der Waals surface area contributed by atoms with Gasteiger partial charge in [0.25, 0.3) is 0 Å². The van der Waals surface area contributed by atoms with Gasteiger partial charge in [0.1, 0.15) is 6.10 Å². The number of hydrogen-bond donors (Lipinski definition) is 3. The van der Waals surface area contributed by atoms with Crippen LogP contribution >= 0.6 is 0 Å². The van der Waals surface area contributed by atoms with E-state index in [-0.39, 0.29) is 12.7 Å². The van der Waals surface area contributed by atoms with Gasteiger partial charge in [-0.05, 0) is 6.92 Å². The Kier molecular flexibility index (Phi) is 2.84. The van der Waals surface area contributed by atoms with Gasteiger partial charge in [-0.2, -0.15) is 0 Å². The highest BCUT2D eigenvalue weighted by atomic mass is 16.5. The van der Waals surface area contributed by atoms with E-state index in [0.717, 1.165) is 0 Å². The second-order valence-electron chi connectivity index (χ2n) is 2.94. The number of rotatable bonds is 1. The smallest absolute Gasteiger partial charge is 0.106 e. The molecule has 1 aliphatic heterocycles. The summed E-state index contributed by atoms with van der Waals surface area (Å²) in [5.74, 6) is 0. The van der Waals surface area contributed by atoms with Crippen molar-refractivity contribution in [2.45, 2.75) is 37.8 Å². The summed E-state index contributed by atoms with van der Waals surface area (Å²) in [6, 6.07) is 0. The molecule has 4 atom stereocenters. The number of aliphatic hydroxyl groups excluding tert-OH is 3. The van der Waals surface area contributed by atoms with Crippen molar-refractivity contribution in [2.75, 3.05) is 6.61 Å². The van der Waals surface area contributed by atoms with Crippen LogP contribution in [0.3, 0.4) is 0 Å². The Labute approximate surface area is 65.4 Å². The molecule has 11 heavy (non-hydrogen) atoms. The standard InChI is InChI=1S/C7H14O4/c1-4-7(10)6(9)2-5(3-8)11-4/h4-10H,2-3H2,1H3/t4-,5?,6?,7?/m0/s1. The van der Waals surface area contributed by atoms with E-state index in [0.29, 0.717) is 6.42 Å². The number of aliphatic hydroxyl groups is 3. The largest absolute Gasteiger partial charge is 0.394 e. The first-order chi connectivity index (χ1) is 5.15. The first-order valence-corrected chi connectivity index (χ1v) is 3.77. The molecule has 0 saturated carbocycles. The van der Waals surface area contributed by atoms with Gasteiger partial charge < -0.3 is 20.1 Å². The molecule has 0 amide bonds. The molecule has 1 heterocycles. The Hall–Kier alpha value is -0.160. The third-order valence-corrected chi connectivity index (χ3v) is 1.99. The van der Waals surface area contributed by atoms with Crippen molar-refractivity contribution in [1.29, 1.82) is 0 Å². The molecule has 3 N–H and O–H groups in total. The molecular weight excluding hydrogens is 148 g/mol. The number of hydrogen-bond acceptors (Lipinski definition) is 4. The molecule has 3 unspecified atom stereocenters. The summed E-state index contributed by atoms with van der Waals surface area (Å²) in [6.45, 7) is 1.57. The van der Waals surface area contributed by atoms with E-state index in [9.17, 15) is 10.2 Å². The van der Waals surface area contributed by atoms with Gasteiger partial charge in [0.05, 0.1) is 24.9 Å². The van der Waals surface area contributed by atoms with E-state index in [2.05, 4.69) is 0 Å². The predicted octanol–water partition coefficient (Wildman–Crippen LogP) is -1.12. The van der Waals surface area contributed by atoms with E-state index in [1.165, 1.54) is 0 Å². The van der Waals surface area contributed by atoms with Crippen LogP contribution in [0.5, 0.6) is 0 Å². The van der Waals surface area contributed by atoms with E-state index in [1.807, 2.05) is 0 Å². The van der Waals surface area contributed by atoms with Crippen molar-refractivity contribution < 1.29 is 20.1 Å². The second-order valence-corrected chi connectivity index (χ2v) is 2.94. The molecule has 0 aliphatic carbocycles. The molecule has 0 radical (unpaired) electrons. The van der Waals surface area contributed by atoms with Crippen molar-refractivity contribution >= 4 is 0 Å². The summed E-state index contributed by atoms with van der Waals surface area (Å²) in [7, 11) is 0. The van der Waals surface area contributed by atoms with Crippen LogP contribution in [0, 0.1) is 0 Å². The lowest BCUT2D eigenvalue weighted by atomic mass is 9.99. The molecule has 0 aromatic carbocycles. The zero-order chi connectivity index (χ0) is 8.43. The quantitative estimate of drug-likeness (QED) is 0.456. The summed E-state index contributed by atoms with van der Waals surface area (Å²) in [5, 5.41) is 27.1. The maximum atomic E-state index is 9.21. The molecule has 4 heteroatoms. The Morgan fingerprint density at radius 3 is 2.55 bits per heavy atom. The Balaban J connectivity index is 2.47. The fourth-order valence-corrected chi connectivity index (χ4v) is 1.28. The molecule has 0 bridgehead atoms. The summed E-state index contributed by atoms with van der Waals surface area (Å²) < 4.78 is 5.16. The van der Waals surface area contributed by atoms with Crippen molar-refractivity contribution in [3.05, 3.63) is 0 Å². The lowest BCUT2D eigenvalue weighted by Gasteiger charge is -2.34. The third-order valence-electron chi connectivity index (χ3n) is 1.99. The minimum atomic E-state index is -0.821. The molecule has 0 aromatic heterocycles. The summed E-state index contributed by atoms with van der Waals surface area (Å²) >= 11 is 0. The molecule has 0 aromatic rings. The van der Waals surface area contributed by atoms with Crippen LogP contribution in [0.25, 0.3) is 0 Å². The van der Waals surface area contributed by atoms with E-state index >= 15 is 0 Å². The van der Waals surface area contributed by atoms with Crippen molar-refractivity contribution in [1.82, 2.24) is 0 Å². The van der Waals surface area contributed by atoms with Crippen molar-refractivity contribution in [3.63, 3.8) is 0 Å². The monoisotopic (exact) mass is 162 g/mol. The summed E-state index contributed by atoms with van der Waals surface area (Å²) in [5.41, 5.74) is 0. The van der Waals surface area contributed by atoms with E-state index in [4.69, 9.17) is 9.84 Å². The van der Waals surface area contributed by atoms with Gasteiger partial charge >= 0.3 is 0 Å². The van der Waals surface area contributed by atoms with Crippen molar-refractivity contribution in [2.24, 2.45) is 0 Å². The van der Waals surface area contributed by atoms with Crippen LogP contribution in [0.4, 0.5) is 0 Å². The van der Waals surface area contributed by atoms with Crippen LogP contribution in [0.1, 0.15) is 13.3 Å². The second kappa shape index (κ2) is 3.49. The minimum absolute atomic E-state index is 0.103. The highest BCUT2D eigenvalue weighted by Gasteiger charge is 2.33. The van der Waals surface area contributed by atoms with Gasteiger partial charge in [-0.3, -0.25) is 0 Å². The first-order valence-electron chi connectivity index (χ1n) is 3.77. The normalized spacial score (nSPS) is 45.8. The molecule has 1 saturated heterocycles. The van der Waals surface area contributed by atoms with Crippen LogP contribution in [-0.4, -0.2) is 46.3 Å². The molecule has 1 rings (SSSR count). The van der Waals surface area contributed by atoms with Gasteiger partial charge in [0.15, 0.2) is 0 Å². The van der Waals surface area contributed by atoms with Gasteiger partial charge in [0, 0.05) is 6.42 Å². The van der Waals surface area contributed by atoms with Crippen LogP contribution in [0.15, 0.2) is 0 Å². The van der Waals surface area contributed by atoms with Crippen LogP contribution in [-0.2, 0) is 4.74 Å². The van der Waals surface area contributed by atoms with Crippen LogP contribution in [0.2, 0.25) is 0 Å². The third kappa shape index (κ3) is 1.90. The molecule has 66 valence electrons. The SMILES string of the molecule is C[C@@H]1OC(CO)CC(O)C1O. The Morgan fingerprint density at radius 1 is 1.45 bits per heavy atom. The summed E-state index contributed by atoms with van der Waals surface area (Å²) in [4.78, 5) is 0. The molecule has 4 nitrogen and oxygen atoms in total. The van der Waals surface area contributed by atoms with Gasteiger partial charge in [-0.25, -0.2) is 0 Å². The van der Waals surface area contributed by atoms with E-state index in [1.54, 1.807) is 6.92 Å². The zero-order valence-corrected chi connectivity index (χ0v) is 6.47. The maximum absolute atomic E-state index is 9.21. The lowest BCUT2D eigenvalue weighted by Crippen LogP contribution is -2.47. The molecular formula is C7H14O4. The Bertz CT molecular complexity index is 116. The number of ether oxygens (including phenoxy) is 1. The Morgan fingerprint density at radius 2 is 2.09 bits per heavy atom. The van der Waals surface area contributed by atoms with E-state index < -0.39 is 18.3 Å². The average Bonchev–Trinajstić information content (AvgIpc) is 1.99. The average molecular weight is 162 g/mol. The van der Waals surface area contributed by atoms with Crippen molar-refractivity contribution in [3.8, 4) is 0 Å². The summed E-state index contributed by atoms with van der Waals surface area (Å²) in [6.07, 6.45) is -2.00. The minimum Gasteiger partial charge on any atom is -0.394 e. The lowest BCUT2D eigenvalue weighted by molar-refractivity contribution is -0.170. The van der Waals surface area contributed by atoms with Gasteiger partial charge in [-0.1, -0.05) is 0 Å². The molecule has 1 aliphatic rings. The first kappa shape index (κ1) is 8.93. The molecule has 1 fully saturated rings. The highest BCUT2D eigenvalue weighted by Crippen LogP contribution is 2.19. The fraction of sp³-hybridized carbons (Fsp3) is 1.00. The van der Waals surface area contributed by atoms with Gasteiger partial charge in [-0.15, -0.1) is 0 Å². The topological polar surface area (TPSA) is 69.9 Å². The zero-order valence-electron chi connectivity index (χ0n) is 6.47. The maximum Gasteiger partial charge on any atom is 0.106 e. The molecule has 0 spiro atoms. The predicted molar refractivity (Wildman–Crippen MR) is 38.1 cm³/mol. The van der Waals surface area contributed by atoms with Gasteiger partial charge in [0.2, 0.25) is 0 Å². The van der Waals surface area contributed by atoms with Crippen LogP contribution < -0.4 is 0 Å².